The predicted octanol–water partition coefficient (Wildman–Crippen LogP) is 2.17. The summed E-state index contributed by atoms with van der Waals surface area (Å²) in [4.78, 5) is 23.3. The molecule has 0 fully saturated rings. The van der Waals surface area contributed by atoms with E-state index in [0.29, 0.717) is 17.1 Å². The molecule has 0 spiro atoms. The number of allylic oxidation sites excluding steroid dienone is 2. The second-order valence-electron chi connectivity index (χ2n) is 5.42. The summed E-state index contributed by atoms with van der Waals surface area (Å²) < 4.78 is 10.5. The first kappa shape index (κ1) is 14.2. The van der Waals surface area contributed by atoms with Crippen molar-refractivity contribution in [1.29, 1.82) is 0 Å². The molecule has 0 radical (unpaired) electrons. The van der Waals surface area contributed by atoms with Crippen molar-refractivity contribution in [2.75, 3.05) is 6.79 Å². The number of ether oxygens (including phenoxy) is 2. The second-order valence-corrected chi connectivity index (χ2v) is 5.42. The Balaban J connectivity index is 2.14. The Bertz CT molecular complexity index is 717. The quantitative estimate of drug-likeness (QED) is 0.889. The lowest BCUT2D eigenvalue weighted by molar-refractivity contribution is -0.146. The summed E-state index contributed by atoms with van der Waals surface area (Å²) in [5.74, 6) is -1.99. The molecule has 2 unspecified atom stereocenters. The largest absolute Gasteiger partial charge is 0.481 e. The molecule has 1 heterocycles. The molecule has 1 aliphatic heterocycles. The van der Waals surface area contributed by atoms with Crippen LogP contribution in [0.5, 0.6) is 11.5 Å². The number of carboxylic acid groups (broad SMARTS) is 2. The van der Waals surface area contributed by atoms with Gasteiger partial charge in [-0.25, -0.2) is 4.79 Å². The zero-order chi connectivity index (χ0) is 15.9. The Hall–Kier alpha value is -2.76. The van der Waals surface area contributed by atoms with Gasteiger partial charge in [-0.05, 0) is 24.6 Å². The highest BCUT2D eigenvalue weighted by Gasteiger charge is 2.45. The molecule has 0 saturated heterocycles. The van der Waals surface area contributed by atoms with E-state index in [1.807, 2.05) is 0 Å². The lowest BCUT2D eigenvalue weighted by Crippen LogP contribution is -2.36. The van der Waals surface area contributed by atoms with Crippen molar-refractivity contribution in [3.05, 3.63) is 47.6 Å². The average Bonchev–Trinajstić information content (AvgIpc) is 2.94. The van der Waals surface area contributed by atoms with Gasteiger partial charge in [-0.15, -0.1) is 0 Å². The van der Waals surface area contributed by atoms with Crippen molar-refractivity contribution >= 4 is 11.9 Å². The van der Waals surface area contributed by atoms with E-state index in [1.54, 1.807) is 18.2 Å². The number of hydrogen-bond acceptors (Lipinski definition) is 4. The zero-order valence-electron chi connectivity index (χ0n) is 11.8. The van der Waals surface area contributed by atoms with Crippen LogP contribution in [0.1, 0.15) is 18.4 Å². The van der Waals surface area contributed by atoms with Gasteiger partial charge >= 0.3 is 11.9 Å². The smallest absolute Gasteiger partial charge is 0.332 e. The van der Waals surface area contributed by atoms with E-state index in [9.17, 15) is 19.8 Å². The lowest BCUT2D eigenvalue weighted by atomic mass is 9.67. The molecule has 2 atom stereocenters. The van der Waals surface area contributed by atoms with Crippen LogP contribution in [-0.2, 0) is 9.59 Å². The van der Waals surface area contributed by atoms with Gasteiger partial charge in [0.05, 0.1) is 5.41 Å². The third-order valence-electron chi connectivity index (χ3n) is 4.07. The SMILES string of the molecule is CC1(C(=O)O)C=CC=C(C(=O)O)C1c1ccc2c(c1)OCO2. The van der Waals surface area contributed by atoms with Gasteiger partial charge < -0.3 is 19.7 Å². The number of rotatable bonds is 3. The summed E-state index contributed by atoms with van der Waals surface area (Å²) in [6.07, 6.45) is 4.42. The topological polar surface area (TPSA) is 93.1 Å². The molecule has 0 bridgehead atoms. The number of carbonyl (C=O) groups is 2. The molecular weight excluding hydrogens is 288 g/mol. The second kappa shape index (κ2) is 4.91. The van der Waals surface area contributed by atoms with Crippen LogP contribution in [0.4, 0.5) is 0 Å². The summed E-state index contributed by atoms with van der Waals surface area (Å²) in [6, 6.07) is 4.98. The standard InChI is InChI=1S/C16H14O6/c1-16(15(19)20)6-2-3-10(14(17)18)13(16)9-4-5-11-12(7-9)22-8-21-11/h2-7,13H,8H2,1H3,(H,17,18)(H,19,20). The van der Waals surface area contributed by atoms with Gasteiger partial charge in [-0.2, -0.15) is 0 Å². The van der Waals surface area contributed by atoms with Gasteiger partial charge in [0, 0.05) is 11.5 Å². The van der Waals surface area contributed by atoms with Crippen LogP contribution in [0.3, 0.4) is 0 Å². The van der Waals surface area contributed by atoms with Gasteiger partial charge in [0.15, 0.2) is 11.5 Å². The van der Waals surface area contributed by atoms with Crippen molar-refractivity contribution in [3.63, 3.8) is 0 Å². The molecule has 3 rings (SSSR count). The number of hydrogen-bond donors (Lipinski definition) is 2. The van der Waals surface area contributed by atoms with Gasteiger partial charge in [-0.1, -0.05) is 24.3 Å². The Morgan fingerprint density at radius 3 is 2.64 bits per heavy atom. The molecule has 1 aromatic rings. The fraction of sp³-hybridized carbons (Fsp3) is 0.250. The van der Waals surface area contributed by atoms with Crippen molar-refractivity contribution in [2.45, 2.75) is 12.8 Å². The van der Waals surface area contributed by atoms with Gasteiger partial charge in [0.1, 0.15) is 0 Å². The van der Waals surface area contributed by atoms with E-state index < -0.39 is 23.3 Å². The molecule has 6 nitrogen and oxygen atoms in total. The maximum Gasteiger partial charge on any atom is 0.332 e. The molecule has 2 N–H and O–H groups in total. The average molecular weight is 302 g/mol. The number of benzene rings is 1. The molecule has 0 saturated carbocycles. The van der Waals surface area contributed by atoms with Crippen LogP contribution >= 0.6 is 0 Å². The molecule has 22 heavy (non-hydrogen) atoms. The minimum atomic E-state index is -1.35. The van der Waals surface area contributed by atoms with E-state index in [4.69, 9.17) is 9.47 Å². The molecule has 114 valence electrons. The number of carboxylic acids is 2. The summed E-state index contributed by atoms with van der Waals surface area (Å²) in [5.41, 5.74) is -0.755. The lowest BCUT2D eigenvalue weighted by Gasteiger charge is -2.34. The first-order valence-corrected chi connectivity index (χ1v) is 6.69. The van der Waals surface area contributed by atoms with Crippen molar-refractivity contribution in [1.82, 2.24) is 0 Å². The maximum absolute atomic E-state index is 11.7. The van der Waals surface area contributed by atoms with Crippen LogP contribution in [0.2, 0.25) is 0 Å². The summed E-state index contributed by atoms with van der Waals surface area (Å²) in [6.45, 7) is 1.61. The van der Waals surface area contributed by atoms with Crippen LogP contribution in [0.15, 0.2) is 42.0 Å². The van der Waals surface area contributed by atoms with Gasteiger partial charge in [0.2, 0.25) is 6.79 Å². The highest BCUT2D eigenvalue weighted by atomic mass is 16.7. The molecule has 1 aliphatic carbocycles. The van der Waals surface area contributed by atoms with Crippen LogP contribution in [-0.4, -0.2) is 28.9 Å². The fourth-order valence-electron chi connectivity index (χ4n) is 2.88. The zero-order valence-corrected chi connectivity index (χ0v) is 11.8. The first-order valence-electron chi connectivity index (χ1n) is 6.69. The summed E-state index contributed by atoms with van der Waals surface area (Å²) in [5, 5.41) is 19.0. The normalized spacial score (nSPS) is 25.7. The molecule has 1 aromatic carbocycles. The molecule has 0 aromatic heterocycles. The van der Waals surface area contributed by atoms with E-state index in [2.05, 4.69) is 0 Å². The highest BCUT2D eigenvalue weighted by molar-refractivity contribution is 5.93. The van der Waals surface area contributed by atoms with Crippen molar-refractivity contribution in [3.8, 4) is 11.5 Å². The Labute approximate surface area is 126 Å². The highest BCUT2D eigenvalue weighted by Crippen LogP contribution is 2.47. The molecule has 0 amide bonds. The van der Waals surface area contributed by atoms with Gasteiger partial charge in [-0.3, -0.25) is 4.79 Å². The maximum atomic E-state index is 11.7. The van der Waals surface area contributed by atoms with Crippen molar-refractivity contribution < 1.29 is 29.3 Å². The summed E-state index contributed by atoms with van der Waals surface area (Å²) in [7, 11) is 0. The minimum absolute atomic E-state index is 0.0336. The number of fused-ring (bicyclic) bond motifs is 1. The number of aliphatic carboxylic acids is 2. The van der Waals surface area contributed by atoms with Crippen LogP contribution in [0.25, 0.3) is 0 Å². The third-order valence-corrected chi connectivity index (χ3v) is 4.07. The first-order chi connectivity index (χ1) is 10.4. The molecule has 6 heteroatoms. The Morgan fingerprint density at radius 1 is 1.23 bits per heavy atom. The molecule has 2 aliphatic rings. The minimum Gasteiger partial charge on any atom is -0.481 e. The van der Waals surface area contributed by atoms with E-state index in [-0.39, 0.29) is 12.4 Å². The third kappa shape index (κ3) is 2.04. The van der Waals surface area contributed by atoms with Crippen LogP contribution < -0.4 is 9.47 Å². The van der Waals surface area contributed by atoms with E-state index in [1.165, 1.54) is 25.2 Å². The Morgan fingerprint density at radius 2 is 1.95 bits per heavy atom. The Kier molecular flexibility index (Phi) is 3.16. The van der Waals surface area contributed by atoms with Crippen LogP contribution in [0, 0.1) is 5.41 Å². The summed E-state index contributed by atoms with van der Waals surface area (Å²) >= 11 is 0. The predicted molar refractivity (Wildman–Crippen MR) is 75.9 cm³/mol. The fourth-order valence-corrected chi connectivity index (χ4v) is 2.88. The van der Waals surface area contributed by atoms with Crippen molar-refractivity contribution in [2.24, 2.45) is 5.41 Å². The van der Waals surface area contributed by atoms with E-state index >= 15 is 0 Å². The molecular formula is C16H14O6. The van der Waals surface area contributed by atoms with E-state index in [0.717, 1.165) is 0 Å². The van der Waals surface area contributed by atoms with Gasteiger partial charge in [0.25, 0.3) is 0 Å². The monoisotopic (exact) mass is 302 g/mol.